The molecule has 0 bridgehead atoms. The molecule has 0 saturated carbocycles. The van der Waals surface area contributed by atoms with E-state index < -0.39 is 17.8 Å². The molecule has 1 fully saturated rings. The van der Waals surface area contributed by atoms with Crippen LogP contribution in [-0.2, 0) is 11.0 Å². The normalized spacial score (nSPS) is 20.0. The SMILES string of the molecule is O=C(C=Cc1ccc(C(F)(F)F)cc1)N1CCCC(O)C1. The number of hydrogen-bond acceptors (Lipinski definition) is 2. The first-order valence-corrected chi connectivity index (χ1v) is 6.68. The third-order valence-corrected chi connectivity index (χ3v) is 3.36. The highest BCUT2D eigenvalue weighted by molar-refractivity contribution is 5.91. The highest BCUT2D eigenvalue weighted by Gasteiger charge is 2.29. The summed E-state index contributed by atoms with van der Waals surface area (Å²) in [4.78, 5) is 13.4. The Balaban J connectivity index is 1.99. The van der Waals surface area contributed by atoms with Gasteiger partial charge >= 0.3 is 6.18 Å². The average molecular weight is 299 g/mol. The maximum atomic E-state index is 12.4. The zero-order valence-corrected chi connectivity index (χ0v) is 11.3. The second-order valence-corrected chi connectivity index (χ2v) is 5.03. The number of piperidine rings is 1. The number of aliphatic hydroxyl groups is 1. The first kappa shape index (κ1) is 15.6. The van der Waals surface area contributed by atoms with Crippen LogP contribution in [0.2, 0.25) is 0 Å². The number of halogens is 3. The van der Waals surface area contributed by atoms with Crippen LogP contribution in [0.3, 0.4) is 0 Å². The van der Waals surface area contributed by atoms with E-state index in [0.717, 1.165) is 18.6 Å². The number of alkyl halides is 3. The lowest BCUT2D eigenvalue weighted by molar-refractivity contribution is -0.137. The van der Waals surface area contributed by atoms with Crippen molar-refractivity contribution in [1.82, 2.24) is 4.90 Å². The number of carbonyl (C=O) groups is 1. The third-order valence-electron chi connectivity index (χ3n) is 3.36. The fourth-order valence-corrected chi connectivity index (χ4v) is 2.21. The molecular formula is C15H16F3NO2. The molecule has 2 rings (SSSR count). The van der Waals surface area contributed by atoms with Crippen LogP contribution in [-0.4, -0.2) is 35.1 Å². The van der Waals surface area contributed by atoms with Crippen molar-refractivity contribution in [2.24, 2.45) is 0 Å². The van der Waals surface area contributed by atoms with Crippen molar-refractivity contribution in [3.8, 4) is 0 Å². The fourth-order valence-electron chi connectivity index (χ4n) is 2.21. The lowest BCUT2D eigenvalue weighted by atomic mass is 10.1. The zero-order chi connectivity index (χ0) is 15.5. The van der Waals surface area contributed by atoms with Crippen LogP contribution in [0.5, 0.6) is 0 Å². The predicted octanol–water partition coefficient (Wildman–Crippen LogP) is 2.70. The van der Waals surface area contributed by atoms with Crippen LogP contribution in [0.1, 0.15) is 24.0 Å². The molecule has 0 spiro atoms. The van der Waals surface area contributed by atoms with E-state index in [4.69, 9.17) is 0 Å². The number of rotatable bonds is 2. The van der Waals surface area contributed by atoms with Gasteiger partial charge in [-0.15, -0.1) is 0 Å². The lowest BCUT2D eigenvalue weighted by Crippen LogP contribution is -2.41. The molecule has 0 aromatic heterocycles. The Kier molecular flexibility index (Phi) is 4.67. The van der Waals surface area contributed by atoms with Gasteiger partial charge in [-0.05, 0) is 36.6 Å². The van der Waals surface area contributed by atoms with Crippen LogP contribution >= 0.6 is 0 Å². The van der Waals surface area contributed by atoms with Gasteiger partial charge in [-0.25, -0.2) is 0 Å². The van der Waals surface area contributed by atoms with Crippen molar-refractivity contribution in [2.45, 2.75) is 25.1 Å². The minimum Gasteiger partial charge on any atom is -0.391 e. The number of β-amino-alcohol motifs (C(OH)–C–C–N with tert-alkyl or cyclic N) is 1. The molecule has 1 aromatic rings. The van der Waals surface area contributed by atoms with Gasteiger partial charge in [0.2, 0.25) is 5.91 Å². The van der Waals surface area contributed by atoms with Crippen LogP contribution in [0.25, 0.3) is 6.08 Å². The summed E-state index contributed by atoms with van der Waals surface area (Å²) < 4.78 is 37.2. The largest absolute Gasteiger partial charge is 0.416 e. The van der Waals surface area contributed by atoms with E-state index in [9.17, 15) is 23.1 Å². The molecule has 1 amide bonds. The van der Waals surface area contributed by atoms with Crippen molar-refractivity contribution in [3.63, 3.8) is 0 Å². The molecule has 1 aliphatic rings. The van der Waals surface area contributed by atoms with E-state index in [0.29, 0.717) is 25.1 Å². The van der Waals surface area contributed by atoms with Crippen LogP contribution < -0.4 is 0 Å². The van der Waals surface area contributed by atoms with E-state index in [2.05, 4.69) is 0 Å². The van der Waals surface area contributed by atoms with Gasteiger partial charge in [0.05, 0.1) is 11.7 Å². The third kappa shape index (κ3) is 4.32. The van der Waals surface area contributed by atoms with Crippen molar-refractivity contribution >= 4 is 12.0 Å². The molecule has 1 aromatic carbocycles. The maximum Gasteiger partial charge on any atom is 0.416 e. The summed E-state index contributed by atoms with van der Waals surface area (Å²) in [5.74, 6) is -0.242. The number of likely N-dealkylation sites (tertiary alicyclic amines) is 1. The van der Waals surface area contributed by atoms with E-state index >= 15 is 0 Å². The Morgan fingerprint density at radius 1 is 1.29 bits per heavy atom. The zero-order valence-electron chi connectivity index (χ0n) is 11.3. The molecule has 21 heavy (non-hydrogen) atoms. The Hall–Kier alpha value is -1.82. The number of aliphatic hydroxyl groups excluding tert-OH is 1. The van der Waals surface area contributed by atoms with Gasteiger partial charge in [0.1, 0.15) is 0 Å². The van der Waals surface area contributed by atoms with Gasteiger partial charge in [0, 0.05) is 19.2 Å². The summed E-state index contributed by atoms with van der Waals surface area (Å²) in [5.41, 5.74) is -0.195. The first-order valence-electron chi connectivity index (χ1n) is 6.68. The predicted molar refractivity (Wildman–Crippen MR) is 72.3 cm³/mol. The van der Waals surface area contributed by atoms with E-state index in [1.54, 1.807) is 0 Å². The summed E-state index contributed by atoms with van der Waals surface area (Å²) in [6.45, 7) is 0.892. The first-order chi connectivity index (χ1) is 9.86. The number of carbonyl (C=O) groups excluding carboxylic acids is 1. The molecule has 1 aliphatic heterocycles. The van der Waals surface area contributed by atoms with Crippen LogP contribution in [0, 0.1) is 0 Å². The standard InChI is InChI=1S/C15H16F3NO2/c16-15(17,18)12-6-3-11(4-7-12)5-8-14(21)19-9-1-2-13(20)10-19/h3-8,13,20H,1-2,9-10H2. The lowest BCUT2D eigenvalue weighted by Gasteiger charge is -2.29. The fraction of sp³-hybridized carbons (Fsp3) is 0.400. The number of hydrogen-bond donors (Lipinski definition) is 1. The van der Waals surface area contributed by atoms with Gasteiger partial charge < -0.3 is 10.0 Å². The average Bonchev–Trinajstić information content (AvgIpc) is 2.44. The highest BCUT2D eigenvalue weighted by Crippen LogP contribution is 2.29. The molecular weight excluding hydrogens is 283 g/mol. The van der Waals surface area contributed by atoms with Crippen molar-refractivity contribution < 1.29 is 23.1 Å². The van der Waals surface area contributed by atoms with E-state index in [-0.39, 0.29) is 5.91 Å². The summed E-state index contributed by atoms with van der Waals surface area (Å²) in [6.07, 6.45) is -0.623. The topological polar surface area (TPSA) is 40.5 Å². The van der Waals surface area contributed by atoms with Gasteiger partial charge in [-0.3, -0.25) is 4.79 Å². The van der Waals surface area contributed by atoms with Crippen LogP contribution in [0.4, 0.5) is 13.2 Å². The highest BCUT2D eigenvalue weighted by atomic mass is 19.4. The van der Waals surface area contributed by atoms with Gasteiger partial charge in [0.25, 0.3) is 0 Å². The summed E-state index contributed by atoms with van der Waals surface area (Å²) in [6, 6.07) is 4.60. The second-order valence-electron chi connectivity index (χ2n) is 5.03. The molecule has 1 unspecified atom stereocenters. The Morgan fingerprint density at radius 3 is 2.52 bits per heavy atom. The number of amides is 1. The monoisotopic (exact) mass is 299 g/mol. The van der Waals surface area contributed by atoms with Crippen molar-refractivity contribution in [3.05, 3.63) is 41.5 Å². The Labute approximate surface area is 120 Å². The van der Waals surface area contributed by atoms with Crippen LogP contribution in [0.15, 0.2) is 30.3 Å². The summed E-state index contributed by atoms with van der Waals surface area (Å²) in [5, 5.41) is 9.50. The van der Waals surface area contributed by atoms with Gasteiger partial charge in [0.15, 0.2) is 0 Å². The molecule has 0 radical (unpaired) electrons. The van der Waals surface area contributed by atoms with Gasteiger partial charge in [-0.1, -0.05) is 12.1 Å². The quantitative estimate of drug-likeness (QED) is 0.853. The minimum atomic E-state index is -4.36. The van der Waals surface area contributed by atoms with Gasteiger partial charge in [-0.2, -0.15) is 13.2 Å². The second kappa shape index (κ2) is 6.30. The Morgan fingerprint density at radius 2 is 1.95 bits per heavy atom. The summed E-state index contributed by atoms with van der Waals surface area (Å²) >= 11 is 0. The van der Waals surface area contributed by atoms with E-state index in [1.165, 1.54) is 29.2 Å². The molecule has 1 atom stereocenters. The molecule has 1 saturated heterocycles. The maximum absolute atomic E-state index is 12.4. The summed E-state index contributed by atoms with van der Waals surface area (Å²) in [7, 11) is 0. The molecule has 114 valence electrons. The van der Waals surface area contributed by atoms with Crippen molar-refractivity contribution in [1.29, 1.82) is 0 Å². The molecule has 0 aliphatic carbocycles. The molecule has 1 N–H and O–H groups in total. The minimum absolute atomic E-state index is 0.242. The molecule has 1 heterocycles. The smallest absolute Gasteiger partial charge is 0.391 e. The van der Waals surface area contributed by atoms with E-state index in [1.807, 2.05) is 0 Å². The molecule has 3 nitrogen and oxygen atoms in total. The van der Waals surface area contributed by atoms with Crippen molar-refractivity contribution in [2.75, 3.05) is 13.1 Å². The Bertz CT molecular complexity index is 523. The molecule has 6 heteroatoms. The number of nitrogens with zero attached hydrogens (tertiary/aromatic N) is 1. The number of benzene rings is 1.